The van der Waals surface area contributed by atoms with Gasteiger partial charge in [0.05, 0.1) is 12.6 Å². The number of aryl methyl sites for hydroxylation is 3. The van der Waals surface area contributed by atoms with Crippen LogP contribution in [0.25, 0.3) is 10.8 Å². The number of halogens is 1. The molecule has 0 saturated carbocycles. The first-order valence-corrected chi connectivity index (χ1v) is 11.3. The molecule has 0 aliphatic carbocycles. The van der Waals surface area contributed by atoms with Gasteiger partial charge in [0.2, 0.25) is 11.8 Å². The van der Waals surface area contributed by atoms with E-state index >= 15 is 0 Å². The van der Waals surface area contributed by atoms with Crippen LogP contribution in [-0.2, 0) is 22.6 Å². The minimum atomic E-state index is -0.553. The summed E-state index contributed by atoms with van der Waals surface area (Å²) in [6, 6.07) is 17.7. The molecule has 0 radical (unpaired) electrons. The first-order valence-electron chi connectivity index (χ1n) is 11.3. The van der Waals surface area contributed by atoms with Crippen LogP contribution in [0.5, 0.6) is 0 Å². The van der Waals surface area contributed by atoms with Crippen molar-refractivity contribution in [3.05, 3.63) is 76.9 Å². The van der Waals surface area contributed by atoms with Gasteiger partial charge in [-0.2, -0.15) is 0 Å². The molecule has 0 bridgehead atoms. The summed E-state index contributed by atoms with van der Waals surface area (Å²) >= 11 is 0. The molecule has 0 saturated heterocycles. The average Bonchev–Trinajstić information content (AvgIpc) is 2.93. The van der Waals surface area contributed by atoms with Crippen molar-refractivity contribution in [2.75, 3.05) is 11.9 Å². The number of carbonyl (C=O) groups is 2. The number of amides is 2. The van der Waals surface area contributed by atoms with E-state index in [0.717, 1.165) is 23.2 Å². The molecule has 0 unspecified atom stereocenters. The Hall–Kier alpha value is -2.89. The Morgan fingerprint density at radius 2 is 1.73 bits per heavy atom. The topological polar surface area (TPSA) is 61.4 Å². The summed E-state index contributed by atoms with van der Waals surface area (Å²) in [6.07, 6.45) is 1.33. The van der Waals surface area contributed by atoms with E-state index in [4.69, 9.17) is 0 Å². The number of likely N-dealkylation sites (N-methyl/N-ethyl adjacent to an activating group) is 1. The number of carbonyl (C=O) groups excluding carboxylic acids is 2. The second-order valence-corrected chi connectivity index (χ2v) is 8.70. The van der Waals surface area contributed by atoms with Gasteiger partial charge in [0, 0.05) is 5.69 Å². The molecule has 2 N–H and O–H groups in total. The first kappa shape index (κ1) is 24.7. The zero-order valence-electron chi connectivity index (χ0n) is 19.6. The third-order valence-electron chi connectivity index (χ3n) is 6.59. The number of nitrogens with one attached hydrogen (secondary N) is 2. The van der Waals surface area contributed by atoms with Crippen molar-refractivity contribution >= 4 is 40.7 Å². The largest absolute Gasteiger partial charge is 0.343 e. The normalized spacial score (nSPS) is 16.5. The van der Waals surface area contributed by atoms with Gasteiger partial charge in [-0.25, -0.2) is 0 Å². The Bertz CT molecular complexity index is 1180. The van der Waals surface area contributed by atoms with Crippen LogP contribution in [0.15, 0.2) is 54.6 Å². The van der Waals surface area contributed by atoms with Gasteiger partial charge in [0.15, 0.2) is 0 Å². The van der Waals surface area contributed by atoms with Gasteiger partial charge < -0.3 is 15.5 Å². The van der Waals surface area contributed by atoms with E-state index in [0.29, 0.717) is 13.0 Å². The molecule has 33 heavy (non-hydrogen) atoms. The number of hydrogen-bond acceptors (Lipinski definition) is 3. The second kappa shape index (κ2) is 10.4. The zero-order chi connectivity index (χ0) is 22.8. The van der Waals surface area contributed by atoms with Crippen molar-refractivity contribution in [1.29, 1.82) is 0 Å². The third-order valence-corrected chi connectivity index (χ3v) is 6.59. The Morgan fingerprint density at radius 3 is 2.45 bits per heavy atom. The Balaban J connectivity index is 0.00000306. The molecule has 174 valence electrons. The number of benzene rings is 3. The maximum absolute atomic E-state index is 13.8. The molecule has 1 heterocycles. The van der Waals surface area contributed by atoms with Crippen LogP contribution >= 0.6 is 12.4 Å². The van der Waals surface area contributed by atoms with E-state index in [-0.39, 0.29) is 30.3 Å². The van der Waals surface area contributed by atoms with Crippen LogP contribution in [0, 0.1) is 13.8 Å². The lowest BCUT2D eigenvalue weighted by atomic mass is 9.95. The zero-order valence-corrected chi connectivity index (χ0v) is 20.5. The second-order valence-electron chi connectivity index (χ2n) is 8.70. The average molecular weight is 466 g/mol. The summed E-state index contributed by atoms with van der Waals surface area (Å²) in [7, 11) is 1.74. The maximum atomic E-state index is 13.8. The molecule has 6 heteroatoms. The first-order chi connectivity index (χ1) is 15.4. The monoisotopic (exact) mass is 465 g/mol. The number of anilines is 1. The highest BCUT2D eigenvalue weighted by Crippen LogP contribution is 2.32. The van der Waals surface area contributed by atoms with E-state index in [1.165, 1.54) is 21.9 Å². The molecular weight excluding hydrogens is 434 g/mol. The van der Waals surface area contributed by atoms with Crippen LogP contribution in [0.3, 0.4) is 0 Å². The molecule has 0 aromatic heterocycles. The molecule has 3 aromatic rings. The summed E-state index contributed by atoms with van der Waals surface area (Å²) in [5, 5.41) is 8.30. The fourth-order valence-electron chi connectivity index (χ4n) is 4.60. The number of nitrogens with zero attached hydrogens (tertiary/aromatic N) is 1. The van der Waals surface area contributed by atoms with Gasteiger partial charge in [-0.15, -0.1) is 12.4 Å². The van der Waals surface area contributed by atoms with Gasteiger partial charge in [0.1, 0.15) is 6.04 Å². The fraction of sp³-hybridized carbons (Fsp3) is 0.333. The van der Waals surface area contributed by atoms with E-state index in [1.807, 2.05) is 29.2 Å². The molecule has 1 aliphatic heterocycles. The molecule has 3 aromatic carbocycles. The highest BCUT2D eigenvalue weighted by atomic mass is 35.5. The van der Waals surface area contributed by atoms with E-state index in [9.17, 15) is 9.59 Å². The van der Waals surface area contributed by atoms with Crippen LogP contribution in [0.2, 0.25) is 0 Å². The summed E-state index contributed by atoms with van der Waals surface area (Å²) in [6.45, 7) is 6.50. The molecular formula is C27H32ClN3O2. The Kier molecular flexibility index (Phi) is 7.77. The van der Waals surface area contributed by atoms with Gasteiger partial charge >= 0.3 is 0 Å². The number of fused-ring (bicyclic) bond motifs is 2. The standard InChI is InChI=1S/C27H31N3O2.ClH/c1-17-15-18(2)23(22-11-7-6-10-21(17)22)16-30-25-12-8-5-9-20(25)13-14-24(27(30)32)29-26(31)19(3)28-4;/h5-12,15,19,24,28H,13-14,16H2,1-4H3,(H,29,31);1H/t19-,24-;/m0./s1. The Labute approximate surface area is 202 Å². The van der Waals surface area contributed by atoms with Gasteiger partial charge in [0.25, 0.3) is 0 Å². The summed E-state index contributed by atoms with van der Waals surface area (Å²) < 4.78 is 0. The van der Waals surface area contributed by atoms with Crippen LogP contribution in [0.1, 0.15) is 35.6 Å². The van der Waals surface area contributed by atoms with Crippen molar-refractivity contribution in [1.82, 2.24) is 10.6 Å². The van der Waals surface area contributed by atoms with Crippen LogP contribution in [0.4, 0.5) is 5.69 Å². The highest BCUT2D eigenvalue weighted by Gasteiger charge is 2.32. The van der Waals surface area contributed by atoms with Crippen LogP contribution in [-0.4, -0.2) is 30.9 Å². The summed E-state index contributed by atoms with van der Waals surface area (Å²) in [4.78, 5) is 28.2. The van der Waals surface area contributed by atoms with Gasteiger partial charge in [-0.3, -0.25) is 9.59 Å². The molecule has 5 nitrogen and oxygen atoms in total. The summed E-state index contributed by atoms with van der Waals surface area (Å²) in [5.41, 5.74) is 5.61. The smallest absolute Gasteiger partial charge is 0.249 e. The van der Waals surface area contributed by atoms with Gasteiger partial charge in [-0.1, -0.05) is 48.5 Å². The maximum Gasteiger partial charge on any atom is 0.249 e. The van der Waals surface area contributed by atoms with Crippen molar-refractivity contribution < 1.29 is 9.59 Å². The third kappa shape index (κ3) is 4.90. The molecule has 2 amide bonds. The predicted molar refractivity (Wildman–Crippen MR) is 137 cm³/mol. The molecule has 4 rings (SSSR count). The number of hydrogen-bond donors (Lipinski definition) is 2. The molecule has 0 fully saturated rings. The quantitative estimate of drug-likeness (QED) is 0.585. The fourth-order valence-corrected chi connectivity index (χ4v) is 4.60. The number of para-hydroxylation sites is 1. The van der Waals surface area contributed by atoms with Crippen LogP contribution < -0.4 is 15.5 Å². The van der Waals surface area contributed by atoms with Crippen molar-refractivity contribution in [3.8, 4) is 0 Å². The predicted octanol–water partition coefficient (Wildman–Crippen LogP) is 4.45. The van der Waals surface area contributed by atoms with Crippen molar-refractivity contribution in [2.45, 2.75) is 52.2 Å². The van der Waals surface area contributed by atoms with E-state index < -0.39 is 6.04 Å². The molecule has 1 aliphatic rings. The SMILES string of the molecule is CN[C@@H](C)C(=O)N[C@H]1CCc2ccccc2N(Cc2c(C)cc(C)c3ccccc23)C1=O.Cl. The van der Waals surface area contributed by atoms with Crippen molar-refractivity contribution in [3.63, 3.8) is 0 Å². The lowest BCUT2D eigenvalue weighted by Crippen LogP contribution is -2.52. The Morgan fingerprint density at radius 1 is 1.06 bits per heavy atom. The van der Waals surface area contributed by atoms with E-state index in [1.54, 1.807) is 14.0 Å². The molecule has 0 spiro atoms. The van der Waals surface area contributed by atoms with E-state index in [2.05, 4.69) is 54.8 Å². The summed E-state index contributed by atoms with van der Waals surface area (Å²) in [5.74, 6) is -0.218. The van der Waals surface area contributed by atoms with Gasteiger partial charge in [-0.05, 0) is 79.8 Å². The highest BCUT2D eigenvalue weighted by molar-refractivity contribution is 6.01. The molecule has 2 atom stereocenters. The lowest BCUT2D eigenvalue weighted by molar-refractivity contribution is -0.128. The lowest BCUT2D eigenvalue weighted by Gasteiger charge is -2.28. The minimum Gasteiger partial charge on any atom is -0.343 e. The number of rotatable bonds is 5. The van der Waals surface area contributed by atoms with Crippen molar-refractivity contribution in [2.24, 2.45) is 0 Å². The minimum absolute atomic E-state index is 0.